The van der Waals surface area contributed by atoms with Crippen molar-refractivity contribution in [1.29, 1.82) is 0 Å². The SMILES string of the molecule is CCNC(C)CCCOC1CCCCCC1. The van der Waals surface area contributed by atoms with Gasteiger partial charge in [0.15, 0.2) is 0 Å². The van der Waals surface area contributed by atoms with Gasteiger partial charge in [-0.2, -0.15) is 0 Å². The van der Waals surface area contributed by atoms with Crippen molar-refractivity contribution in [2.75, 3.05) is 13.2 Å². The molecule has 96 valence electrons. The largest absolute Gasteiger partial charge is 0.378 e. The van der Waals surface area contributed by atoms with Gasteiger partial charge in [0.2, 0.25) is 0 Å². The minimum Gasteiger partial charge on any atom is -0.378 e. The van der Waals surface area contributed by atoms with Gasteiger partial charge < -0.3 is 10.1 Å². The highest BCUT2D eigenvalue weighted by Gasteiger charge is 2.12. The summed E-state index contributed by atoms with van der Waals surface area (Å²) in [6.07, 6.45) is 11.2. The minimum absolute atomic E-state index is 0.567. The molecule has 0 saturated heterocycles. The predicted octanol–water partition coefficient (Wildman–Crippen LogP) is 3.50. The topological polar surface area (TPSA) is 21.3 Å². The third-order valence-corrected chi connectivity index (χ3v) is 3.49. The average Bonchev–Trinajstić information content (AvgIpc) is 2.53. The first-order chi connectivity index (χ1) is 7.83. The highest BCUT2D eigenvalue weighted by atomic mass is 16.5. The Bertz CT molecular complexity index is 153. The molecule has 1 fully saturated rings. The molecule has 1 unspecified atom stereocenters. The summed E-state index contributed by atoms with van der Waals surface area (Å²) in [5.41, 5.74) is 0. The van der Waals surface area contributed by atoms with Gasteiger partial charge in [-0.3, -0.25) is 0 Å². The summed E-state index contributed by atoms with van der Waals surface area (Å²) in [5, 5.41) is 3.44. The molecule has 1 saturated carbocycles. The Kier molecular flexibility index (Phi) is 7.87. The number of hydrogen-bond donors (Lipinski definition) is 1. The lowest BCUT2D eigenvalue weighted by atomic mass is 10.1. The van der Waals surface area contributed by atoms with Crippen molar-refractivity contribution in [2.24, 2.45) is 0 Å². The highest BCUT2D eigenvalue weighted by Crippen LogP contribution is 2.19. The van der Waals surface area contributed by atoms with Gasteiger partial charge in [0, 0.05) is 12.6 Å². The maximum atomic E-state index is 5.96. The molecule has 0 bridgehead atoms. The predicted molar refractivity (Wildman–Crippen MR) is 69.8 cm³/mol. The van der Waals surface area contributed by atoms with Gasteiger partial charge >= 0.3 is 0 Å². The van der Waals surface area contributed by atoms with Crippen LogP contribution in [0.3, 0.4) is 0 Å². The fourth-order valence-corrected chi connectivity index (χ4v) is 2.50. The number of hydrogen-bond acceptors (Lipinski definition) is 2. The van der Waals surface area contributed by atoms with Gasteiger partial charge in [-0.1, -0.05) is 32.6 Å². The van der Waals surface area contributed by atoms with Crippen LogP contribution in [0.1, 0.15) is 65.2 Å². The van der Waals surface area contributed by atoms with Crippen LogP contribution in [0.15, 0.2) is 0 Å². The summed E-state index contributed by atoms with van der Waals surface area (Å²) >= 11 is 0. The van der Waals surface area contributed by atoms with E-state index in [-0.39, 0.29) is 0 Å². The van der Waals surface area contributed by atoms with E-state index >= 15 is 0 Å². The molecule has 16 heavy (non-hydrogen) atoms. The zero-order valence-electron chi connectivity index (χ0n) is 11.1. The number of nitrogens with one attached hydrogen (secondary N) is 1. The molecule has 1 rings (SSSR count). The van der Waals surface area contributed by atoms with Gasteiger partial charge in [-0.05, 0) is 39.2 Å². The molecule has 0 radical (unpaired) electrons. The van der Waals surface area contributed by atoms with E-state index in [0.29, 0.717) is 12.1 Å². The van der Waals surface area contributed by atoms with Crippen LogP contribution in [0.25, 0.3) is 0 Å². The van der Waals surface area contributed by atoms with E-state index in [2.05, 4.69) is 19.2 Å². The van der Waals surface area contributed by atoms with Crippen LogP contribution in [-0.2, 0) is 4.74 Å². The highest BCUT2D eigenvalue weighted by molar-refractivity contribution is 4.64. The summed E-state index contributed by atoms with van der Waals surface area (Å²) in [5.74, 6) is 0. The van der Waals surface area contributed by atoms with Gasteiger partial charge in [0.05, 0.1) is 6.10 Å². The summed E-state index contributed by atoms with van der Waals surface area (Å²) in [7, 11) is 0. The molecule has 1 N–H and O–H groups in total. The maximum absolute atomic E-state index is 5.96. The molecule has 2 nitrogen and oxygen atoms in total. The first-order valence-electron chi connectivity index (χ1n) is 7.18. The van der Waals surface area contributed by atoms with E-state index in [0.717, 1.165) is 13.2 Å². The Morgan fingerprint density at radius 1 is 1.19 bits per heavy atom. The van der Waals surface area contributed by atoms with E-state index in [1.165, 1.54) is 51.4 Å². The van der Waals surface area contributed by atoms with Crippen molar-refractivity contribution >= 4 is 0 Å². The van der Waals surface area contributed by atoms with Crippen LogP contribution in [0.2, 0.25) is 0 Å². The monoisotopic (exact) mass is 227 g/mol. The molecule has 0 aromatic heterocycles. The summed E-state index contributed by atoms with van der Waals surface area (Å²) in [6.45, 7) is 6.46. The Labute approximate surface area is 101 Å². The van der Waals surface area contributed by atoms with E-state index in [1.54, 1.807) is 0 Å². The molecular weight excluding hydrogens is 198 g/mol. The van der Waals surface area contributed by atoms with Crippen molar-refractivity contribution in [3.8, 4) is 0 Å². The fraction of sp³-hybridized carbons (Fsp3) is 1.00. The molecule has 0 aromatic rings. The fourth-order valence-electron chi connectivity index (χ4n) is 2.50. The first-order valence-corrected chi connectivity index (χ1v) is 7.18. The molecule has 1 atom stereocenters. The van der Waals surface area contributed by atoms with Crippen LogP contribution >= 0.6 is 0 Å². The standard InChI is InChI=1S/C14H29NO/c1-3-15-13(2)9-8-12-16-14-10-6-4-5-7-11-14/h13-15H,3-12H2,1-2H3. The smallest absolute Gasteiger partial charge is 0.0575 e. The molecule has 0 amide bonds. The van der Waals surface area contributed by atoms with Crippen molar-refractivity contribution in [2.45, 2.75) is 77.4 Å². The molecule has 2 heteroatoms. The van der Waals surface area contributed by atoms with Crippen LogP contribution in [0.4, 0.5) is 0 Å². The van der Waals surface area contributed by atoms with Crippen LogP contribution in [0.5, 0.6) is 0 Å². The zero-order valence-corrected chi connectivity index (χ0v) is 11.1. The maximum Gasteiger partial charge on any atom is 0.0575 e. The lowest BCUT2D eigenvalue weighted by molar-refractivity contribution is 0.0401. The quantitative estimate of drug-likeness (QED) is 0.531. The summed E-state index contributed by atoms with van der Waals surface area (Å²) in [6, 6.07) is 0.641. The molecule has 0 spiro atoms. The minimum atomic E-state index is 0.567. The molecule has 0 aromatic carbocycles. The van der Waals surface area contributed by atoms with Gasteiger partial charge in [0.25, 0.3) is 0 Å². The lowest BCUT2D eigenvalue weighted by Gasteiger charge is -2.16. The van der Waals surface area contributed by atoms with Crippen LogP contribution in [-0.4, -0.2) is 25.3 Å². The van der Waals surface area contributed by atoms with E-state index in [1.807, 2.05) is 0 Å². The van der Waals surface area contributed by atoms with E-state index in [4.69, 9.17) is 4.74 Å². The number of ether oxygens (including phenoxy) is 1. The molecule has 0 aliphatic heterocycles. The molecule has 1 aliphatic carbocycles. The normalized spacial score (nSPS) is 20.6. The molecular formula is C14H29NO. The van der Waals surface area contributed by atoms with Gasteiger partial charge in [-0.25, -0.2) is 0 Å². The second-order valence-corrected chi connectivity index (χ2v) is 5.09. The third kappa shape index (κ3) is 6.49. The second-order valence-electron chi connectivity index (χ2n) is 5.09. The first kappa shape index (κ1) is 14.0. The Morgan fingerprint density at radius 3 is 2.50 bits per heavy atom. The Hall–Kier alpha value is -0.0800. The van der Waals surface area contributed by atoms with Crippen molar-refractivity contribution < 1.29 is 4.74 Å². The third-order valence-electron chi connectivity index (χ3n) is 3.49. The second kappa shape index (κ2) is 9.00. The summed E-state index contributed by atoms with van der Waals surface area (Å²) < 4.78 is 5.96. The van der Waals surface area contributed by atoms with E-state index < -0.39 is 0 Å². The van der Waals surface area contributed by atoms with Crippen LogP contribution in [0, 0.1) is 0 Å². The van der Waals surface area contributed by atoms with E-state index in [9.17, 15) is 0 Å². The molecule has 0 heterocycles. The average molecular weight is 227 g/mol. The Morgan fingerprint density at radius 2 is 1.88 bits per heavy atom. The van der Waals surface area contributed by atoms with Gasteiger partial charge in [-0.15, -0.1) is 0 Å². The van der Waals surface area contributed by atoms with Crippen molar-refractivity contribution in [3.05, 3.63) is 0 Å². The molecule has 1 aliphatic rings. The number of rotatable bonds is 7. The van der Waals surface area contributed by atoms with Crippen molar-refractivity contribution in [1.82, 2.24) is 5.32 Å². The lowest BCUT2D eigenvalue weighted by Crippen LogP contribution is -2.26. The Balaban J connectivity index is 1.97. The van der Waals surface area contributed by atoms with Gasteiger partial charge in [0.1, 0.15) is 0 Å². The zero-order chi connectivity index (χ0) is 11.6. The van der Waals surface area contributed by atoms with Crippen LogP contribution < -0.4 is 5.32 Å². The summed E-state index contributed by atoms with van der Waals surface area (Å²) in [4.78, 5) is 0. The van der Waals surface area contributed by atoms with Crippen molar-refractivity contribution in [3.63, 3.8) is 0 Å².